The Morgan fingerprint density at radius 3 is 2.15 bits per heavy atom. The molecule has 0 radical (unpaired) electrons. The Morgan fingerprint density at radius 2 is 1.58 bits per heavy atom. The van der Waals surface area contributed by atoms with E-state index in [0.717, 1.165) is 0 Å². The lowest BCUT2D eigenvalue weighted by Crippen LogP contribution is -2.42. The number of hydrogen-bond acceptors (Lipinski definition) is 6. The van der Waals surface area contributed by atoms with E-state index in [0.29, 0.717) is 22.6 Å². The highest BCUT2D eigenvalue weighted by atomic mass is 16.7. The standard InChI is InChI=1S/C20H18O6/c1-20(14-7-5-4-6-8-14)25-18(21)16(19(22)26-20)11-13-9-10-15(23-2)12-17(13)24-3/h4-12H,1-3H3. The molecule has 0 atom stereocenters. The van der Waals surface area contributed by atoms with Crippen molar-refractivity contribution in [3.8, 4) is 11.5 Å². The number of rotatable bonds is 4. The van der Waals surface area contributed by atoms with Gasteiger partial charge in [-0.05, 0) is 18.2 Å². The average Bonchev–Trinajstić information content (AvgIpc) is 2.65. The molecule has 0 spiro atoms. The van der Waals surface area contributed by atoms with Gasteiger partial charge in [0.25, 0.3) is 5.79 Å². The summed E-state index contributed by atoms with van der Waals surface area (Å²) >= 11 is 0. The van der Waals surface area contributed by atoms with Gasteiger partial charge in [0.15, 0.2) is 0 Å². The van der Waals surface area contributed by atoms with Gasteiger partial charge in [-0.2, -0.15) is 0 Å². The van der Waals surface area contributed by atoms with Crippen LogP contribution in [0.2, 0.25) is 0 Å². The van der Waals surface area contributed by atoms with Crippen LogP contribution in [-0.2, 0) is 24.8 Å². The van der Waals surface area contributed by atoms with Crippen molar-refractivity contribution in [2.24, 2.45) is 0 Å². The molecule has 0 aliphatic carbocycles. The average molecular weight is 354 g/mol. The maximum absolute atomic E-state index is 12.5. The first kappa shape index (κ1) is 17.5. The molecule has 2 aromatic carbocycles. The fraction of sp³-hybridized carbons (Fsp3) is 0.200. The Labute approximate surface area is 150 Å². The van der Waals surface area contributed by atoms with Crippen molar-refractivity contribution in [1.29, 1.82) is 0 Å². The van der Waals surface area contributed by atoms with Crippen LogP contribution in [0.1, 0.15) is 18.1 Å². The van der Waals surface area contributed by atoms with E-state index >= 15 is 0 Å². The predicted molar refractivity (Wildman–Crippen MR) is 93.5 cm³/mol. The third-order valence-electron chi connectivity index (χ3n) is 4.05. The first-order chi connectivity index (χ1) is 12.5. The van der Waals surface area contributed by atoms with Crippen molar-refractivity contribution >= 4 is 18.0 Å². The minimum absolute atomic E-state index is 0.207. The topological polar surface area (TPSA) is 71.1 Å². The third-order valence-corrected chi connectivity index (χ3v) is 4.05. The summed E-state index contributed by atoms with van der Waals surface area (Å²) in [6.45, 7) is 1.53. The molecule has 1 heterocycles. The fourth-order valence-corrected chi connectivity index (χ4v) is 2.64. The largest absolute Gasteiger partial charge is 0.497 e. The Kier molecular flexibility index (Phi) is 4.67. The lowest BCUT2D eigenvalue weighted by Gasteiger charge is -2.33. The van der Waals surface area contributed by atoms with E-state index in [1.807, 2.05) is 6.07 Å². The molecule has 6 heteroatoms. The van der Waals surface area contributed by atoms with E-state index in [4.69, 9.17) is 18.9 Å². The van der Waals surface area contributed by atoms with Gasteiger partial charge in [-0.25, -0.2) is 9.59 Å². The van der Waals surface area contributed by atoms with Gasteiger partial charge in [0.1, 0.15) is 17.1 Å². The molecule has 2 aromatic rings. The molecule has 26 heavy (non-hydrogen) atoms. The number of carbonyl (C=O) groups is 2. The second-order valence-corrected chi connectivity index (χ2v) is 5.76. The zero-order valence-corrected chi connectivity index (χ0v) is 14.6. The second-order valence-electron chi connectivity index (χ2n) is 5.76. The minimum atomic E-state index is -1.46. The SMILES string of the molecule is COc1ccc(C=C2C(=O)OC(C)(c3ccccc3)OC2=O)c(OC)c1. The van der Waals surface area contributed by atoms with Gasteiger partial charge >= 0.3 is 11.9 Å². The summed E-state index contributed by atoms with van der Waals surface area (Å²) in [4.78, 5) is 24.9. The van der Waals surface area contributed by atoms with Crippen LogP contribution in [0, 0.1) is 0 Å². The maximum atomic E-state index is 12.5. The Balaban J connectivity index is 1.93. The molecule has 134 valence electrons. The number of hydrogen-bond donors (Lipinski definition) is 0. The lowest BCUT2D eigenvalue weighted by atomic mass is 10.0. The van der Waals surface area contributed by atoms with Gasteiger partial charge in [0.05, 0.1) is 14.2 Å². The van der Waals surface area contributed by atoms with Crippen LogP contribution in [0.3, 0.4) is 0 Å². The lowest BCUT2D eigenvalue weighted by molar-refractivity contribution is -0.233. The van der Waals surface area contributed by atoms with E-state index in [1.165, 1.54) is 27.2 Å². The van der Waals surface area contributed by atoms with Crippen LogP contribution >= 0.6 is 0 Å². The third kappa shape index (κ3) is 3.26. The number of ether oxygens (including phenoxy) is 4. The minimum Gasteiger partial charge on any atom is -0.497 e. The summed E-state index contributed by atoms with van der Waals surface area (Å²) in [6.07, 6.45) is 1.38. The molecule has 1 aliphatic rings. The molecule has 1 fully saturated rings. The van der Waals surface area contributed by atoms with Crippen molar-refractivity contribution < 1.29 is 28.5 Å². The Bertz CT molecular complexity index is 849. The summed E-state index contributed by atoms with van der Waals surface area (Å²) in [6, 6.07) is 13.8. The van der Waals surface area contributed by atoms with Crippen LogP contribution < -0.4 is 9.47 Å². The normalized spacial score (nSPS) is 19.4. The summed E-state index contributed by atoms with van der Waals surface area (Å²) in [5.74, 6) is -1.93. The van der Waals surface area contributed by atoms with Gasteiger partial charge in [0.2, 0.25) is 0 Å². The van der Waals surface area contributed by atoms with Crippen molar-refractivity contribution in [2.75, 3.05) is 14.2 Å². The Morgan fingerprint density at radius 1 is 0.923 bits per heavy atom. The van der Waals surface area contributed by atoms with Crippen LogP contribution in [0.4, 0.5) is 0 Å². The molecular weight excluding hydrogens is 336 g/mol. The molecule has 0 unspecified atom stereocenters. The van der Waals surface area contributed by atoms with Crippen LogP contribution in [0.15, 0.2) is 54.1 Å². The van der Waals surface area contributed by atoms with Crippen molar-refractivity contribution in [1.82, 2.24) is 0 Å². The molecule has 1 aliphatic heterocycles. The van der Waals surface area contributed by atoms with E-state index < -0.39 is 17.7 Å². The molecule has 6 nitrogen and oxygen atoms in total. The summed E-state index contributed by atoms with van der Waals surface area (Å²) in [5, 5.41) is 0. The molecule has 0 saturated carbocycles. The number of cyclic esters (lactones) is 2. The summed E-state index contributed by atoms with van der Waals surface area (Å²) in [7, 11) is 3.02. The molecule has 0 aromatic heterocycles. The summed E-state index contributed by atoms with van der Waals surface area (Å²) in [5.41, 5.74) is 0.894. The zero-order chi connectivity index (χ0) is 18.7. The van der Waals surface area contributed by atoms with Gasteiger partial charge < -0.3 is 18.9 Å². The first-order valence-corrected chi connectivity index (χ1v) is 7.93. The molecule has 0 N–H and O–H groups in total. The molecule has 3 rings (SSSR count). The van der Waals surface area contributed by atoms with Gasteiger partial charge in [-0.3, -0.25) is 0 Å². The van der Waals surface area contributed by atoms with Crippen molar-refractivity contribution in [3.63, 3.8) is 0 Å². The van der Waals surface area contributed by atoms with Gasteiger partial charge in [-0.15, -0.1) is 0 Å². The van der Waals surface area contributed by atoms with Crippen LogP contribution in [0.5, 0.6) is 11.5 Å². The second kappa shape index (κ2) is 6.92. The monoisotopic (exact) mass is 354 g/mol. The molecule has 1 saturated heterocycles. The number of benzene rings is 2. The van der Waals surface area contributed by atoms with Gasteiger partial charge in [0, 0.05) is 24.1 Å². The predicted octanol–water partition coefficient (Wildman–Crippen LogP) is 3.06. The Hall–Kier alpha value is -3.28. The zero-order valence-electron chi connectivity index (χ0n) is 14.6. The number of methoxy groups -OCH3 is 2. The molecule has 0 amide bonds. The van der Waals surface area contributed by atoms with Crippen LogP contribution in [-0.4, -0.2) is 26.2 Å². The fourth-order valence-electron chi connectivity index (χ4n) is 2.64. The van der Waals surface area contributed by atoms with E-state index in [9.17, 15) is 9.59 Å². The quantitative estimate of drug-likeness (QED) is 0.477. The van der Waals surface area contributed by atoms with E-state index in [2.05, 4.69) is 0 Å². The first-order valence-electron chi connectivity index (χ1n) is 7.93. The summed E-state index contributed by atoms with van der Waals surface area (Å²) < 4.78 is 21.3. The van der Waals surface area contributed by atoms with E-state index in [-0.39, 0.29) is 5.57 Å². The molecular formula is C20H18O6. The van der Waals surface area contributed by atoms with Gasteiger partial charge in [-0.1, -0.05) is 30.3 Å². The van der Waals surface area contributed by atoms with Crippen molar-refractivity contribution in [3.05, 3.63) is 65.2 Å². The van der Waals surface area contributed by atoms with Crippen molar-refractivity contribution in [2.45, 2.75) is 12.7 Å². The maximum Gasteiger partial charge on any atom is 0.349 e. The van der Waals surface area contributed by atoms with Crippen LogP contribution in [0.25, 0.3) is 6.08 Å². The molecule has 0 bridgehead atoms. The number of carbonyl (C=O) groups excluding carboxylic acids is 2. The highest BCUT2D eigenvalue weighted by Crippen LogP contribution is 2.34. The highest BCUT2D eigenvalue weighted by Gasteiger charge is 2.43. The van der Waals surface area contributed by atoms with E-state index in [1.54, 1.807) is 42.5 Å². The smallest absolute Gasteiger partial charge is 0.349 e. The highest BCUT2D eigenvalue weighted by molar-refractivity contribution is 6.19. The number of esters is 2.